The Morgan fingerprint density at radius 2 is 1.85 bits per heavy atom. The summed E-state index contributed by atoms with van der Waals surface area (Å²) in [6, 6.07) is 17.0. The summed E-state index contributed by atoms with van der Waals surface area (Å²) in [6.07, 6.45) is 1.63. The molecule has 0 fully saturated rings. The van der Waals surface area contributed by atoms with Crippen LogP contribution < -0.4 is 0 Å². The molecule has 26 heavy (non-hydrogen) atoms. The second kappa shape index (κ2) is 6.82. The van der Waals surface area contributed by atoms with Gasteiger partial charge < -0.3 is 4.42 Å². The maximum absolute atomic E-state index is 8.85. The summed E-state index contributed by atoms with van der Waals surface area (Å²) in [5.74, 6) is 1.45. The number of aryl methyl sites for hydroxylation is 1. The lowest BCUT2D eigenvalue weighted by molar-refractivity contribution is 0.535. The van der Waals surface area contributed by atoms with E-state index >= 15 is 0 Å². The van der Waals surface area contributed by atoms with Crippen LogP contribution in [0, 0.1) is 18.3 Å². The molecule has 0 saturated heterocycles. The highest BCUT2D eigenvalue weighted by Crippen LogP contribution is 2.32. The van der Waals surface area contributed by atoms with Crippen molar-refractivity contribution in [2.45, 2.75) is 17.1 Å². The Morgan fingerprint density at radius 3 is 2.50 bits per heavy atom. The average molecular weight is 360 g/mol. The zero-order chi connectivity index (χ0) is 17.9. The van der Waals surface area contributed by atoms with Gasteiger partial charge in [-0.15, -0.1) is 20.4 Å². The number of nitriles is 1. The molecule has 126 valence electrons. The highest BCUT2D eigenvalue weighted by atomic mass is 32.2. The van der Waals surface area contributed by atoms with Gasteiger partial charge in [0.2, 0.25) is 5.16 Å². The van der Waals surface area contributed by atoms with Crippen LogP contribution in [0.15, 0.2) is 69.4 Å². The third-order valence-electron chi connectivity index (χ3n) is 3.70. The molecule has 7 nitrogen and oxygen atoms in total. The van der Waals surface area contributed by atoms with E-state index in [0.29, 0.717) is 16.0 Å². The molecule has 0 atom stereocenters. The van der Waals surface area contributed by atoms with Crippen molar-refractivity contribution in [3.05, 3.63) is 66.2 Å². The number of benzene rings is 1. The first-order chi connectivity index (χ1) is 12.8. The molecule has 3 aromatic heterocycles. The van der Waals surface area contributed by atoms with Crippen molar-refractivity contribution in [2.75, 3.05) is 0 Å². The third kappa shape index (κ3) is 2.96. The first-order valence-electron chi connectivity index (χ1n) is 7.73. The number of para-hydroxylation sites is 1. The Morgan fingerprint density at radius 1 is 1.00 bits per heavy atom. The van der Waals surface area contributed by atoms with Gasteiger partial charge in [-0.2, -0.15) is 5.26 Å². The average Bonchev–Trinajstić information content (AvgIpc) is 3.29. The van der Waals surface area contributed by atoms with Crippen molar-refractivity contribution in [1.82, 2.24) is 25.0 Å². The van der Waals surface area contributed by atoms with Crippen LogP contribution in [-0.2, 0) is 0 Å². The number of hydrogen-bond acceptors (Lipinski definition) is 7. The molecule has 4 rings (SSSR count). The molecule has 0 N–H and O–H groups in total. The first-order valence-corrected chi connectivity index (χ1v) is 8.55. The van der Waals surface area contributed by atoms with Crippen LogP contribution >= 0.6 is 11.8 Å². The summed E-state index contributed by atoms with van der Waals surface area (Å²) in [4.78, 5) is 0. The molecule has 0 unspecified atom stereocenters. The maximum atomic E-state index is 8.85. The number of nitrogens with zero attached hydrogens (tertiary/aromatic N) is 6. The van der Waals surface area contributed by atoms with E-state index in [9.17, 15) is 0 Å². The molecule has 0 bridgehead atoms. The number of furan rings is 1. The van der Waals surface area contributed by atoms with Crippen LogP contribution in [0.2, 0.25) is 0 Å². The van der Waals surface area contributed by atoms with Crippen LogP contribution in [0.4, 0.5) is 0 Å². The topological polar surface area (TPSA) is 93.4 Å². The lowest BCUT2D eigenvalue weighted by atomic mass is 10.2. The minimum absolute atomic E-state index is 0.272. The van der Waals surface area contributed by atoms with Crippen molar-refractivity contribution in [3.8, 4) is 23.1 Å². The molecule has 1 aromatic carbocycles. The van der Waals surface area contributed by atoms with Crippen LogP contribution in [0.5, 0.6) is 0 Å². The molecule has 0 radical (unpaired) electrons. The van der Waals surface area contributed by atoms with E-state index in [4.69, 9.17) is 9.68 Å². The largest absolute Gasteiger partial charge is 0.469 e. The Bertz CT molecular complexity index is 1080. The molecule has 8 heteroatoms. The quantitative estimate of drug-likeness (QED) is 0.548. The molecule has 4 aromatic rings. The van der Waals surface area contributed by atoms with Gasteiger partial charge in [-0.25, -0.2) is 0 Å². The van der Waals surface area contributed by atoms with Crippen molar-refractivity contribution in [2.24, 2.45) is 0 Å². The molecular formula is C18H12N6OS. The lowest BCUT2D eigenvalue weighted by Crippen LogP contribution is -2.00. The van der Waals surface area contributed by atoms with Crippen molar-refractivity contribution >= 4 is 11.8 Å². The van der Waals surface area contributed by atoms with Gasteiger partial charge in [0.15, 0.2) is 11.5 Å². The number of rotatable bonds is 4. The van der Waals surface area contributed by atoms with Crippen molar-refractivity contribution in [1.29, 1.82) is 5.26 Å². The lowest BCUT2D eigenvalue weighted by Gasteiger charge is -2.09. The summed E-state index contributed by atoms with van der Waals surface area (Å²) >= 11 is 1.33. The highest BCUT2D eigenvalue weighted by Gasteiger charge is 2.19. The number of hydrogen-bond donors (Lipinski definition) is 0. The van der Waals surface area contributed by atoms with Gasteiger partial charge in [0, 0.05) is 5.69 Å². The SMILES string of the molecule is Cc1occc1-c1nnc(Sc2ccc(C#N)nn2)n1-c1ccccc1. The van der Waals surface area contributed by atoms with Gasteiger partial charge in [0.1, 0.15) is 16.9 Å². The molecule has 0 saturated carbocycles. The van der Waals surface area contributed by atoms with Gasteiger partial charge in [0.25, 0.3) is 0 Å². The summed E-state index contributed by atoms with van der Waals surface area (Å²) in [5, 5.41) is 26.7. The Kier molecular flexibility index (Phi) is 4.21. The summed E-state index contributed by atoms with van der Waals surface area (Å²) in [7, 11) is 0. The molecule has 0 aliphatic heterocycles. The van der Waals surface area contributed by atoms with E-state index in [1.165, 1.54) is 11.8 Å². The van der Waals surface area contributed by atoms with Gasteiger partial charge in [-0.05, 0) is 49.0 Å². The Hall–Kier alpha value is -3.44. The fourth-order valence-corrected chi connectivity index (χ4v) is 3.23. The standard InChI is InChI=1S/C18H12N6OS/c1-12-15(9-10-25-12)17-22-23-18(24(17)14-5-3-2-4-6-14)26-16-8-7-13(11-19)20-21-16/h2-10H,1H3. The minimum atomic E-state index is 0.272. The zero-order valence-electron chi connectivity index (χ0n) is 13.7. The Labute approximate surface area is 153 Å². The van der Waals surface area contributed by atoms with Crippen LogP contribution in [0.1, 0.15) is 11.5 Å². The van der Waals surface area contributed by atoms with E-state index in [2.05, 4.69) is 20.4 Å². The van der Waals surface area contributed by atoms with E-state index in [-0.39, 0.29) is 5.69 Å². The number of aromatic nitrogens is 5. The van der Waals surface area contributed by atoms with Crippen molar-refractivity contribution in [3.63, 3.8) is 0 Å². The van der Waals surface area contributed by atoms with Crippen LogP contribution in [0.3, 0.4) is 0 Å². The van der Waals surface area contributed by atoms with E-state index in [1.807, 2.05) is 54.0 Å². The predicted molar refractivity (Wildman–Crippen MR) is 94.7 cm³/mol. The smallest absolute Gasteiger partial charge is 0.202 e. The predicted octanol–water partition coefficient (Wildman–Crippen LogP) is 3.65. The molecule has 3 heterocycles. The highest BCUT2D eigenvalue weighted by molar-refractivity contribution is 7.99. The molecular weight excluding hydrogens is 348 g/mol. The Balaban J connectivity index is 1.81. The van der Waals surface area contributed by atoms with Gasteiger partial charge >= 0.3 is 0 Å². The minimum Gasteiger partial charge on any atom is -0.469 e. The fourth-order valence-electron chi connectivity index (χ4n) is 2.46. The molecule has 0 amide bonds. The van der Waals surface area contributed by atoms with E-state index < -0.39 is 0 Å². The summed E-state index contributed by atoms with van der Waals surface area (Å²) in [5.41, 5.74) is 2.07. The van der Waals surface area contributed by atoms with Gasteiger partial charge in [0.05, 0.1) is 11.8 Å². The van der Waals surface area contributed by atoms with Crippen LogP contribution in [0.25, 0.3) is 17.1 Å². The second-order valence-electron chi connectivity index (χ2n) is 5.34. The third-order valence-corrected chi connectivity index (χ3v) is 4.57. The fraction of sp³-hybridized carbons (Fsp3) is 0.0556. The van der Waals surface area contributed by atoms with Gasteiger partial charge in [-0.3, -0.25) is 4.57 Å². The summed E-state index contributed by atoms with van der Waals surface area (Å²) < 4.78 is 7.37. The van der Waals surface area contributed by atoms with Crippen molar-refractivity contribution < 1.29 is 4.42 Å². The van der Waals surface area contributed by atoms with E-state index in [1.54, 1.807) is 18.4 Å². The van der Waals surface area contributed by atoms with Crippen LogP contribution in [-0.4, -0.2) is 25.0 Å². The molecule has 0 spiro atoms. The maximum Gasteiger partial charge on any atom is 0.202 e. The monoisotopic (exact) mass is 360 g/mol. The van der Waals surface area contributed by atoms with E-state index in [0.717, 1.165) is 17.0 Å². The first kappa shape index (κ1) is 16.1. The normalized spacial score (nSPS) is 10.6. The molecule has 0 aliphatic rings. The molecule has 0 aliphatic carbocycles. The zero-order valence-corrected chi connectivity index (χ0v) is 14.5. The summed E-state index contributed by atoms with van der Waals surface area (Å²) in [6.45, 7) is 1.89. The second-order valence-corrected chi connectivity index (χ2v) is 6.33. The van der Waals surface area contributed by atoms with Gasteiger partial charge in [-0.1, -0.05) is 18.2 Å².